The maximum absolute atomic E-state index is 12.1. The highest BCUT2D eigenvalue weighted by atomic mass is 32.1. The van der Waals surface area contributed by atoms with Gasteiger partial charge in [-0.05, 0) is 24.4 Å². The van der Waals surface area contributed by atoms with E-state index < -0.39 is 5.54 Å². The SMILES string of the molecule is O=C(Nc1cc(-c2ccccc2)ns1)NC1(CO)CCCC1. The molecule has 0 spiro atoms. The lowest BCUT2D eigenvalue weighted by Crippen LogP contribution is -2.50. The van der Waals surface area contributed by atoms with Gasteiger partial charge in [0.2, 0.25) is 0 Å². The minimum atomic E-state index is -0.461. The van der Waals surface area contributed by atoms with E-state index in [9.17, 15) is 9.90 Å². The molecule has 6 heteroatoms. The van der Waals surface area contributed by atoms with Crippen LogP contribution in [0.5, 0.6) is 0 Å². The van der Waals surface area contributed by atoms with Crippen LogP contribution in [0.2, 0.25) is 0 Å². The number of nitrogens with one attached hydrogen (secondary N) is 2. The van der Waals surface area contributed by atoms with Crippen molar-refractivity contribution in [3.05, 3.63) is 36.4 Å². The summed E-state index contributed by atoms with van der Waals surface area (Å²) in [6.45, 7) is -0.0155. The molecule has 1 fully saturated rings. The van der Waals surface area contributed by atoms with Crippen molar-refractivity contribution in [3.8, 4) is 11.3 Å². The Morgan fingerprint density at radius 1 is 1.27 bits per heavy atom. The molecule has 0 bridgehead atoms. The van der Waals surface area contributed by atoms with E-state index in [0.29, 0.717) is 5.00 Å². The Hall–Kier alpha value is -1.92. The van der Waals surface area contributed by atoms with Crippen molar-refractivity contribution in [1.82, 2.24) is 9.69 Å². The van der Waals surface area contributed by atoms with E-state index >= 15 is 0 Å². The topological polar surface area (TPSA) is 74.2 Å². The van der Waals surface area contributed by atoms with E-state index in [1.807, 2.05) is 36.4 Å². The molecule has 3 rings (SSSR count). The lowest BCUT2D eigenvalue weighted by Gasteiger charge is -2.27. The molecule has 2 amide bonds. The lowest BCUT2D eigenvalue weighted by atomic mass is 9.99. The zero-order chi connectivity index (χ0) is 15.4. The molecule has 3 N–H and O–H groups in total. The summed E-state index contributed by atoms with van der Waals surface area (Å²) in [7, 11) is 0. The second-order valence-corrected chi connectivity index (χ2v) is 6.47. The van der Waals surface area contributed by atoms with Crippen molar-refractivity contribution in [2.24, 2.45) is 0 Å². The molecule has 1 aliphatic carbocycles. The minimum Gasteiger partial charge on any atom is -0.394 e. The predicted octanol–water partition coefficient (Wildman–Crippen LogP) is 3.24. The number of benzene rings is 1. The predicted molar refractivity (Wildman–Crippen MR) is 88.0 cm³/mol. The molecule has 1 aromatic carbocycles. The van der Waals surface area contributed by atoms with Gasteiger partial charge in [0.15, 0.2) is 0 Å². The van der Waals surface area contributed by atoms with Crippen molar-refractivity contribution in [2.75, 3.05) is 11.9 Å². The Labute approximate surface area is 133 Å². The van der Waals surface area contributed by atoms with Gasteiger partial charge in [0, 0.05) is 11.6 Å². The van der Waals surface area contributed by atoms with Crippen LogP contribution in [-0.4, -0.2) is 27.7 Å². The fourth-order valence-electron chi connectivity index (χ4n) is 2.84. The second kappa shape index (κ2) is 6.46. The molecule has 1 aliphatic rings. The molecule has 1 saturated carbocycles. The summed E-state index contributed by atoms with van der Waals surface area (Å²) in [5.74, 6) is 0. The molecule has 22 heavy (non-hydrogen) atoms. The third-order valence-corrected chi connectivity index (χ3v) is 4.76. The smallest absolute Gasteiger partial charge is 0.320 e. The number of aliphatic hydroxyl groups excluding tert-OH is 1. The molecule has 2 aromatic rings. The molecular weight excluding hydrogens is 298 g/mol. The van der Waals surface area contributed by atoms with Crippen LogP contribution in [0.4, 0.5) is 9.80 Å². The highest BCUT2D eigenvalue weighted by Crippen LogP contribution is 2.30. The van der Waals surface area contributed by atoms with Gasteiger partial charge in [0.1, 0.15) is 5.00 Å². The van der Waals surface area contributed by atoms with E-state index in [1.54, 1.807) is 0 Å². The first-order chi connectivity index (χ1) is 10.7. The summed E-state index contributed by atoms with van der Waals surface area (Å²) >= 11 is 1.25. The standard InChI is InChI=1S/C16H19N3O2S/c20-11-16(8-4-5-9-16)18-15(21)17-14-10-13(19-22-14)12-6-2-1-3-7-12/h1-3,6-7,10,20H,4-5,8-9,11H2,(H2,17,18,21). The van der Waals surface area contributed by atoms with Crippen LogP contribution >= 0.6 is 11.5 Å². The van der Waals surface area contributed by atoms with Crippen LogP contribution in [0.1, 0.15) is 25.7 Å². The molecule has 5 nitrogen and oxygen atoms in total. The van der Waals surface area contributed by atoms with Crippen LogP contribution in [0, 0.1) is 0 Å². The molecule has 0 atom stereocenters. The van der Waals surface area contributed by atoms with Crippen molar-refractivity contribution in [3.63, 3.8) is 0 Å². The number of hydrogen-bond acceptors (Lipinski definition) is 4. The van der Waals surface area contributed by atoms with E-state index in [4.69, 9.17) is 0 Å². The number of aromatic nitrogens is 1. The molecule has 116 valence electrons. The number of carbonyl (C=O) groups is 1. The fourth-order valence-corrected chi connectivity index (χ4v) is 3.49. The van der Waals surface area contributed by atoms with Gasteiger partial charge in [-0.25, -0.2) is 4.79 Å². The normalized spacial score (nSPS) is 16.4. The van der Waals surface area contributed by atoms with Crippen LogP contribution in [0.15, 0.2) is 36.4 Å². The number of urea groups is 1. The van der Waals surface area contributed by atoms with Gasteiger partial charge in [-0.3, -0.25) is 5.32 Å². The Bertz CT molecular complexity index is 636. The third-order valence-electron chi connectivity index (χ3n) is 4.06. The highest BCUT2D eigenvalue weighted by Gasteiger charge is 2.34. The number of aliphatic hydroxyl groups is 1. The van der Waals surface area contributed by atoms with Gasteiger partial charge in [0.25, 0.3) is 0 Å². The molecule has 0 unspecified atom stereocenters. The summed E-state index contributed by atoms with van der Waals surface area (Å²) in [6, 6.07) is 11.4. The van der Waals surface area contributed by atoms with Crippen LogP contribution in [-0.2, 0) is 0 Å². The average Bonchev–Trinajstić information content (AvgIpc) is 3.18. The third kappa shape index (κ3) is 3.28. The number of nitrogens with zero attached hydrogens (tertiary/aromatic N) is 1. The maximum atomic E-state index is 12.1. The minimum absolute atomic E-state index is 0.0155. The quantitative estimate of drug-likeness (QED) is 0.810. The van der Waals surface area contributed by atoms with E-state index in [0.717, 1.165) is 36.9 Å². The molecular formula is C16H19N3O2S. The summed E-state index contributed by atoms with van der Waals surface area (Å²) in [4.78, 5) is 12.1. The molecule has 0 saturated heterocycles. The summed E-state index contributed by atoms with van der Waals surface area (Å²) < 4.78 is 4.36. The Balaban J connectivity index is 1.64. The first-order valence-corrected chi connectivity index (χ1v) is 8.20. The largest absolute Gasteiger partial charge is 0.394 e. The average molecular weight is 317 g/mol. The zero-order valence-electron chi connectivity index (χ0n) is 12.2. The Morgan fingerprint density at radius 2 is 2.00 bits per heavy atom. The van der Waals surface area contributed by atoms with Crippen LogP contribution < -0.4 is 10.6 Å². The summed E-state index contributed by atoms with van der Waals surface area (Å²) in [5.41, 5.74) is 1.41. The summed E-state index contributed by atoms with van der Waals surface area (Å²) in [6.07, 6.45) is 3.74. The molecule has 0 radical (unpaired) electrons. The van der Waals surface area contributed by atoms with Crippen molar-refractivity contribution in [2.45, 2.75) is 31.2 Å². The molecule has 0 aliphatic heterocycles. The molecule has 1 aromatic heterocycles. The number of amides is 2. The maximum Gasteiger partial charge on any atom is 0.320 e. The fraction of sp³-hybridized carbons (Fsp3) is 0.375. The highest BCUT2D eigenvalue weighted by molar-refractivity contribution is 7.10. The summed E-state index contributed by atoms with van der Waals surface area (Å²) in [5, 5.41) is 16.0. The Kier molecular flexibility index (Phi) is 4.40. The first-order valence-electron chi connectivity index (χ1n) is 7.43. The lowest BCUT2D eigenvalue weighted by molar-refractivity contribution is 0.167. The van der Waals surface area contributed by atoms with Gasteiger partial charge in [0.05, 0.1) is 17.8 Å². The van der Waals surface area contributed by atoms with Crippen LogP contribution in [0.3, 0.4) is 0 Å². The number of carbonyl (C=O) groups excluding carboxylic acids is 1. The Morgan fingerprint density at radius 3 is 2.68 bits per heavy atom. The van der Waals surface area contributed by atoms with Crippen molar-refractivity contribution < 1.29 is 9.90 Å². The zero-order valence-corrected chi connectivity index (χ0v) is 13.0. The van der Waals surface area contributed by atoms with Gasteiger partial charge in [-0.1, -0.05) is 43.2 Å². The van der Waals surface area contributed by atoms with Crippen molar-refractivity contribution in [1.29, 1.82) is 0 Å². The second-order valence-electron chi connectivity index (χ2n) is 5.67. The van der Waals surface area contributed by atoms with Crippen molar-refractivity contribution >= 4 is 22.6 Å². The number of rotatable bonds is 4. The van der Waals surface area contributed by atoms with Gasteiger partial charge in [-0.2, -0.15) is 4.37 Å². The van der Waals surface area contributed by atoms with E-state index in [-0.39, 0.29) is 12.6 Å². The number of hydrogen-bond donors (Lipinski definition) is 3. The van der Waals surface area contributed by atoms with Gasteiger partial charge < -0.3 is 10.4 Å². The van der Waals surface area contributed by atoms with E-state index in [2.05, 4.69) is 15.0 Å². The first kappa shape index (κ1) is 15.0. The van der Waals surface area contributed by atoms with E-state index in [1.165, 1.54) is 11.5 Å². The van der Waals surface area contributed by atoms with Gasteiger partial charge in [-0.15, -0.1) is 0 Å². The van der Waals surface area contributed by atoms with Crippen LogP contribution in [0.25, 0.3) is 11.3 Å². The monoisotopic (exact) mass is 317 g/mol. The molecule has 1 heterocycles. The van der Waals surface area contributed by atoms with Gasteiger partial charge >= 0.3 is 6.03 Å². The number of anilines is 1.